The van der Waals surface area contributed by atoms with E-state index in [1.807, 2.05) is 24.3 Å². The summed E-state index contributed by atoms with van der Waals surface area (Å²) in [5.41, 5.74) is 1.99. The maximum absolute atomic E-state index is 9.50. The van der Waals surface area contributed by atoms with Crippen LogP contribution in [-0.2, 0) is 4.65 Å². The fourth-order valence-corrected chi connectivity index (χ4v) is 2.55. The van der Waals surface area contributed by atoms with E-state index < -0.39 is 7.12 Å². The van der Waals surface area contributed by atoms with Crippen molar-refractivity contribution in [3.63, 3.8) is 0 Å². The van der Waals surface area contributed by atoms with E-state index in [1.54, 1.807) is 20.4 Å². The van der Waals surface area contributed by atoms with E-state index in [4.69, 9.17) is 14.1 Å². The molecule has 22 heavy (non-hydrogen) atoms. The number of ether oxygens (including phenoxy) is 2. The fraction of sp³-hybridized carbons (Fsp3) is 0.333. The van der Waals surface area contributed by atoms with Gasteiger partial charge >= 0.3 is 7.12 Å². The fourth-order valence-electron chi connectivity index (χ4n) is 2.55. The molecule has 1 saturated heterocycles. The van der Waals surface area contributed by atoms with Crippen molar-refractivity contribution in [2.45, 2.75) is 12.2 Å². The topological polar surface area (TPSA) is 73.7 Å². The van der Waals surface area contributed by atoms with Crippen molar-refractivity contribution in [1.29, 1.82) is 0 Å². The number of methoxy groups -OCH3 is 2. The largest absolute Gasteiger partial charge is 0.490 e. The summed E-state index contributed by atoms with van der Waals surface area (Å²) >= 11 is 0. The van der Waals surface area contributed by atoms with Gasteiger partial charge in [0, 0.05) is 18.1 Å². The normalized spacial score (nSPS) is 17.6. The summed E-state index contributed by atoms with van der Waals surface area (Å²) in [7, 11) is 2.42. The van der Waals surface area contributed by atoms with Crippen LogP contribution in [0.4, 0.5) is 0 Å². The molecule has 1 aliphatic heterocycles. The monoisotopic (exact) mass is 300 g/mol. The van der Waals surface area contributed by atoms with Gasteiger partial charge in [0.15, 0.2) is 11.6 Å². The van der Waals surface area contributed by atoms with Crippen LogP contribution in [0.1, 0.15) is 11.5 Å². The summed E-state index contributed by atoms with van der Waals surface area (Å²) in [5, 5.41) is 9.50. The first-order valence-corrected chi connectivity index (χ1v) is 7.06. The Kier molecular flexibility index (Phi) is 4.26. The first-order chi connectivity index (χ1) is 10.7. The molecule has 2 aromatic rings. The van der Waals surface area contributed by atoms with Gasteiger partial charge in [0.2, 0.25) is 0 Å². The molecule has 7 heteroatoms. The standard InChI is InChI=1S/C15H17BN2O4/c1-20-13-8-17-14(18-15(13)21-2)11-5-3-4-10(6-11)12-7-16(19)22-9-12/h3-6,8,12,19H,7,9H2,1-2H3/t12-/m1/s1. The molecule has 1 aromatic carbocycles. The summed E-state index contributed by atoms with van der Waals surface area (Å²) in [6, 6.07) is 7.94. The second-order valence-corrected chi connectivity index (χ2v) is 5.12. The summed E-state index contributed by atoms with van der Waals surface area (Å²) in [5.74, 6) is 1.65. The lowest BCUT2D eigenvalue weighted by Gasteiger charge is -2.11. The van der Waals surface area contributed by atoms with Gasteiger partial charge in [-0.05, 0) is 17.9 Å². The number of aromatic nitrogens is 2. The van der Waals surface area contributed by atoms with Gasteiger partial charge in [-0.3, -0.25) is 0 Å². The van der Waals surface area contributed by atoms with Gasteiger partial charge in [0.05, 0.1) is 20.4 Å². The predicted octanol–water partition coefficient (Wildman–Crippen LogP) is 1.76. The quantitative estimate of drug-likeness (QED) is 0.867. The second-order valence-electron chi connectivity index (χ2n) is 5.12. The molecule has 3 rings (SSSR count). The van der Waals surface area contributed by atoms with Crippen LogP contribution in [-0.4, -0.2) is 42.9 Å². The van der Waals surface area contributed by atoms with Gasteiger partial charge in [-0.25, -0.2) is 4.98 Å². The Morgan fingerprint density at radius 2 is 2.18 bits per heavy atom. The second kappa shape index (κ2) is 6.33. The average Bonchev–Trinajstić information content (AvgIpc) is 3.01. The number of rotatable bonds is 4. The number of nitrogens with zero attached hydrogens (tertiary/aromatic N) is 2. The van der Waals surface area contributed by atoms with Crippen molar-refractivity contribution < 1.29 is 19.2 Å². The molecule has 0 amide bonds. The summed E-state index contributed by atoms with van der Waals surface area (Å²) in [6.07, 6.45) is 2.20. The molecule has 2 heterocycles. The van der Waals surface area contributed by atoms with E-state index in [0.717, 1.165) is 11.1 Å². The van der Waals surface area contributed by atoms with Gasteiger partial charge in [0.25, 0.3) is 5.88 Å². The molecular weight excluding hydrogens is 283 g/mol. The lowest BCUT2D eigenvalue weighted by molar-refractivity contribution is 0.292. The molecule has 0 radical (unpaired) electrons. The Morgan fingerprint density at radius 1 is 1.32 bits per heavy atom. The molecule has 0 unspecified atom stereocenters. The third kappa shape index (κ3) is 2.91. The lowest BCUT2D eigenvalue weighted by Crippen LogP contribution is -2.07. The average molecular weight is 300 g/mol. The lowest BCUT2D eigenvalue weighted by atomic mass is 9.79. The minimum absolute atomic E-state index is 0.190. The van der Waals surface area contributed by atoms with Gasteiger partial charge in [0.1, 0.15) is 0 Å². The van der Waals surface area contributed by atoms with E-state index in [1.165, 1.54) is 0 Å². The number of hydrogen-bond donors (Lipinski definition) is 1. The van der Waals surface area contributed by atoms with Crippen LogP contribution in [0, 0.1) is 0 Å². The van der Waals surface area contributed by atoms with Crippen molar-refractivity contribution in [1.82, 2.24) is 9.97 Å². The highest BCUT2D eigenvalue weighted by Crippen LogP contribution is 2.31. The summed E-state index contributed by atoms with van der Waals surface area (Å²) in [4.78, 5) is 8.69. The molecule has 0 aliphatic carbocycles. The number of benzene rings is 1. The van der Waals surface area contributed by atoms with E-state index in [2.05, 4.69) is 9.97 Å². The van der Waals surface area contributed by atoms with Gasteiger partial charge in [-0.1, -0.05) is 18.2 Å². The zero-order valence-corrected chi connectivity index (χ0v) is 12.5. The minimum Gasteiger partial charge on any atom is -0.490 e. The smallest absolute Gasteiger partial charge is 0.454 e. The van der Waals surface area contributed by atoms with Crippen LogP contribution in [0.3, 0.4) is 0 Å². The number of hydrogen-bond acceptors (Lipinski definition) is 6. The van der Waals surface area contributed by atoms with E-state index in [-0.39, 0.29) is 5.92 Å². The molecular formula is C15H17BN2O4. The molecule has 6 nitrogen and oxygen atoms in total. The summed E-state index contributed by atoms with van der Waals surface area (Å²) in [6.45, 7) is 0.525. The Bertz CT molecular complexity index is 668. The van der Waals surface area contributed by atoms with Crippen LogP contribution >= 0.6 is 0 Å². The van der Waals surface area contributed by atoms with Crippen molar-refractivity contribution >= 4 is 7.12 Å². The van der Waals surface area contributed by atoms with Crippen LogP contribution in [0.15, 0.2) is 30.5 Å². The van der Waals surface area contributed by atoms with Crippen molar-refractivity contribution in [2.24, 2.45) is 0 Å². The molecule has 1 aromatic heterocycles. The molecule has 1 atom stereocenters. The van der Waals surface area contributed by atoms with E-state index in [0.29, 0.717) is 30.4 Å². The van der Waals surface area contributed by atoms with Gasteiger partial charge in [-0.15, -0.1) is 0 Å². The highest BCUT2D eigenvalue weighted by atomic mass is 16.5. The van der Waals surface area contributed by atoms with Crippen LogP contribution in [0.25, 0.3) is 11.4 Å². The molecule has 0 saturated carbocycles. The zero-order valence-electron chi connectivity index (χ0n) is 12.5. The summed E-state index contributed by atoms with van der Waals surface area (Å²) < 4.78 is 15.6. The zero-order chi connectivity index (χ0) is 15.5. The minimum atomic E-state index is -0.675. The van der Waals surface area contributed by atoms with Crippen LogP contribution < -0.4 is 9.47 Å². The molecule has 0 bridgehead atoms. The third-order valence-corrected chi connectivity index (χ3v) is 3.73. The molecule has 1 aliphatic rings. The maximum atomic E-state index is 9.50. The maximum Gasteiger partial charge on any atom is 0.454 e. The molecule has 114 valence electrons. The third-order valence-electron chi connectivity index (χ3n) is 3.73. The first-order valence-electron chi connectivity index (χ1n) is 7.06. The van der Waals surface area contributed by atoms with Gasteiger partial charge < -0.3 is 19.2 Å². The first kappa shape index (κ1) is 14.8. The molecule has 1 fully saturated rings. The van der Waals surface area contributed by atoms with E-state index in [9.17, 15) is 5.02 Å². The molecule has 1 N–H and O–H groups in total. The van der Waals surface area contributed by atoms with Crippen molar-refractivity contribution in [2.75, 3.05) is 20.8 Å². The Hall–Kier alpha value is -2.12. The van der Waals surface area contributed by atoms with Crippen LogP contribution in [0.2, 0.25) is 6.32 Å². The predicted molar refractivity (Wildman–Crippen MR) is 82.0 cm³/mol. The van der Waals surface area contributed by atoms with Crippen LogP contribution in [0.5, 0.6) is 11.6 Å². The Labute approximate surface area is 129 Å². The molecule has 0 spiro atoms. The Morgan fingerprint density at radius 3 is 2.86 bits per heavy atom. The van der Waals surface area contributed by atoms with Crippen molar-refractivity contribution in [3.8, 4) is 23.0 Å². The van der Waals surface area contributed by atoms with Gasteiger partial charge in [-0.2, -0.15) is 4.98 Å². The Balaban J connectivity index is 1.92. The van der Waals surface area contributed by atoms with E-state index >= 15 is 0 Å². The highest BCUT2D eigenvalue weighted by molar-refractivity contribution is 6.43. The van der Waals surface area contributed by atoms with Crippen molar-refractivity contribution in [3.05, 3.63) is 36.0 Å². The highest BCUT2D eigenvalue weighted by Gasteiger charge is 2.29. The SMILES string of the molecule is COc1cnc(-c2cccc([C@H]3COB(O)C3)c2)nc1OC.